The fourth-order valence-electron chi connectivity index (χ4n) is 3.19. The van der Waals surface area contributed by atoms with E-state index in [1.807, 2.05) is 54.6 Å². The first kappa shape index (κ1) is 18.2. The minimum atomic E-state index is 0.251. The molecule has 0 aliphatic rings. The Balaban J connectivity index is 1.61. The van der Waals surface area contributed by atoms with Crippen LogP contribution in [0.2, 0.25) is 5.02 Å². The van der Waals surface area contributed by atoms with Gasteiger partial charge in [0.25, 0.3) is 0 Å². The van der Waals surface area contributed by atoms with Crippen LogP contribution in [0.3, 0.4) is 0 Å². The highest BCUT2D eigenvalue weighted by Crippen LogP contribution is 2.30. The molecule has 0 fully saturated rings. The Morgan fingerprint density at radius 3 is 2.50 bits per heavy atom. The van der Waals surface area contributed by atoms with Crippen LogP contribution in [-0.4, -0.2) is 5.11 Å². The number of phenols is 1. The number of anilines is 1. The molecule has 0 bridgehead atoms. The molecular formula is C24H20ClNO2. The Hall–Kier alpha value is -3.17. The van der Waals surface area contributed by atoms with Gasteiger partial charge in [0.1, 0.15) is 18.1 Å². The lowest BCUT2D eigenvalue weighted by Crippen LogP contribution is -2.04. The molecule has 0 unspecified atom stereocenters. The maximum Gasteiger partial charge on any atom is 0.125 e. The van der Waals surface area contributed by atoms with E-state index in [2.05, 4.69) is 23.5 Å². The molecule has 2 N–H and O–H groups in total. The lowest BCUT2D eigenvalue weighted by Gasteiger charge is -2.16. The summed E-state index contributed by atoms with van der Waals surface area (Å²) in [6.45, 7) is 1.06. The molecule has 0 spiro atoms. The average molecular weight is 390 g/mol. The Morgan fingerprint density at radius 1 is 0.857 bits per heavy atom. The van der Waals surface area contributed by atoms with Crippen molar-refractivity contribution in [2.24, 2.45) is 0 Å². The van der Waals surface area contributed by atoms with E-state index in [0.29, 0.717) is 18.2 Å². The third-order valence-electron chi connectivity index (χ3n) is 4.62. The monoisotopic (exact) mass is 389 g/mol. The fraction of sp³-hybridized carbons (Fsp3) is 0.0833. The van der Waals surface area contributed by atoms with Gasteiger partial charge in [-0.15, -0.1) is 0 Å². The summed E-state index contributed by atoms with van der Waals surface area (Å²) < 4.78 is 6.16. The molecule has 0 saturated heterocycles. The van der Waals surface area contributed by atoms with Crippen molar-refractivity contribution >= 4 is 28.1 Å². The number of fused-ring (bicyclic) bond motifs is 1. The number of halogens is 1. The van der Waals surface area contributed by atoms with Gasteiger partial charge in [-0.2, -0.15) is 0 Å². The van der Waals surface area contributed by atoms with Crippen LogP contribution >= 0.6 is 11.6 Å². The summed E-state index contributed by atoms with van der Waals surface area (Å²) in [5.74, 6) is 1.09. The number of aromatic hydroxyl groups is 1. The van der Waals surface area contributed by atoms with Crippen LogP contribution in [0.1, 0.15) is 11.1 Å². The number of rotatable bonds is 6. The summed E-state index contributed by atoms with van der Waals surface area (Å²) in [6, 6.07) is 27.1. The van der Waals surface area contributed by atoms with E-state index in [9.17, 15) is 5.11 Å². The molecule has 0 amide bonds. The molecule has 0 aromatic heterocycles. The summed E-state index contributed by atoms with van der Waals surface area (Å²) in [5.41, 5.74) is 3.05. The van der Waals surface area contributed by atoms with Crippen LogP contribution in [0.25, 0.3) is 10.8 Å². The molecule has 0 aliphatic heterocycles. The van der Waals surface area contributed by atoms with Crippen molar-refractivity contribution < 1.29 is 9.84 Å². The van der Waals surface area contributed by atoms with Crippen molar-refractivity contribution in [3.8, 4) is 11.5 Å². The number of benzene rings is 4. The molecule has 140 valence electrons. The van der Waals surface area contributed by atoms with E-state index in [4.69, 9.17) is 16.3 Å². The predicted octanol–water partition coefficient (Wildman–Crippen LogP) is 6.39. The molecule has 0 radical (unpaired) electrons. The lowest BCUT2D eigenvalue weighted by atomic mass is 10.0. The summed E-state index contributed by atoms with van der Waals surface area (Å²) >= 11 is 6.08. The van der Waals surface area contributed by atoms with Gasteiger partial charge in [0, 0.05) is 22.8 Å². The first-order valence-electron chi connectivity index (χ1n) is 9.10. The molecule has 4 rings (SSSR count). The van der Waals surface area contributed by atoms with Crippen LogP contribution in [0.15, 0.2) is 84.9 Å². The standard InChI is InChI=1S/C24H20ClNO2/c25-19-6-3-4-17(14-19)16-28-24-13-8-18-5-1-2-7-22(18)23(24)15-26-20-9-11-21(27)12-10-20/h1-14,26-27H,15-16H2. The first-order chi connectivity index (χ1) is 13.7. The van der Waals surface area contributed by atoms with Crippen LogP contribution in [0.5, 0.6) is 11.5 Å². The number of phenolic OH excluding ortho intramolecular Hbond substituents is 1. The van der Waals surface area contributed by atoms with Crippen molar-refractivity contribution in [3.05, 3.63) is 101 Å². The molecule has 3 nitrogen and oxygen atoms in total. The van der Waals surface area contributed by atoms with Crippen LogP contribution < -0.4 is 10.1 Å². The highest BCUT2D eigenvalue weighted by molar-refractivity contribution is 6.30. The summed E-state index contributed by atoms with van der Waals surface area (Å²) in [6.07, 6.45) is 0. The normalized spacial score (nSPS) is 10.8. The second kappa shape index (κ2) is 8.24. The Kier molecular flexibility index (Phi) is 5.36. The third-order valence-corrected chi connectivity index (χ3v) is 4.85. The number of ether oxygens (including phenoxy) is 1. The van der Waals surface area contributed by atoms with Crippen molar-refractivity contribution in [1.82, 2.24) is 0 Å². The number of nitrogens with one attached hydrogen (secondary N) is 1. The summed E-state index contributed by atoms with van der Waals surface area (Å²) in [4.78, 5) is 0. The average Bonchev–Trinajstić information content (AvgIpc) is 2.72. The highest BCUT2D eigenvalue weighted by atomic mass is 35.5. The summed E-state index contributed by atoms with van der Waals surface area (Å²) in [5, 5.41) is 15.9. The van der Waals surface area contributed by atoms with Gasteiger partial charge in [-0.1, -0.05) is 54.1 Å². The van der Waals surface area contributed by atoms with Crippen molar-refractivity contribution in [2.45, 2.75) is 13.2 Å². The van der Waals surface area contributed by atoms with E-state index < -0.39 is 0 Å². The fourth-order valence-corrected chi connectivity index (χ4v) is 3.40. The Bertz CT molecular complexity index is 1090. The lowest BCUT2D eigenvalue weighted by molar-refractivity contribution is 0.304. The quantitative estimate of drug-likeness (QED) is 0.375. The second-order valence-electron chi connectivity index (χ2n) is 6.58. The van der Waals surface area contributed by atoms with Crippen LogP contribution in [-0.2, 0) is 13.2 Å². The van der Waals surface area contributed by atoms with Crippen LogP contribution in [0.4, 0.5) is 5.69 Å². The van der Waals surface area contributed by atoms with Crippen molar-refractivity contribution in [3.63, 3.8) is 0 Å². The highest BCUT2D eigenvalue weighted by Gasteiger charge is 2.10. The molecular weight excluding hydrogens is 370 g/mol. The van der Waals surface area contributed by atoms with Crippen molar-refractivity contribution in [2.75, 3.05) is 5.32 Å². The van der Waals surface area contributed by atoms with Gasteiger partial charge in [0.15, 0.2) is 0 Å². The van der Waals surface area contributed by atoms with Gasteiger partial charge in [-0.25, -0.2) is 0 Å². The van der Waals surface area contributed by atoms with Gasteiger partial charge >= 0.3 is 0 Å². The zero-order chi connectivity index (χ0) is 19.3. The smallest absolute Gasteiger partial charge is 0.125 e. The molecule has 0 saturated carbocycles. The van der Waals surface area contributed by atoms with Crippen molar-refractivity contribution in [1.29, 1.82) is 0 Å². The van der Waals surface area contributed by atoms with Crippen LogP contribution in [0, 0.1) is 0 Å². The molecule has 4 aromatic carbocycles. The van der Waals surface area contributed by atoms with Gasteiger partial charge in [-0.05, 0) is 58.8 Å². The van der Waals surface area contributed by atoms with E-state index in [-0.39, 0.29) is 5.75 Å². The molecule has 0 heterocycles. The molecule has 4 heteroatoms. The molecule has 28 heavy (non-hydrogen) atoms. The summed E-state index contributed by atoms with van der Waals surface area (Å²) in [7, 11) is 0. The van der Waals surface area contributed by atoms with Gasteiger partial charge < -0.3 is 15.2 Å². The van der Waals surface area contributed by atoms with E-state index in [0.717, 1.165) is 28.0 Å². The van der Waals surface area contributed by atoms with Gasteiger partial charge in [0.05, 0.1) is 0 Å². The number of hydrogen-bond donors (Lipinski definition) is 2. The van der Waals surface area contributed by atoms with Gasteiger partial charge in [-0.3, -0.25) is 0 Å². The SMILES string of the molecule is Oc1ccc(NCc2c(OCc3cccc(Cl)c3)ccc3ccccc23)cc1. The molecule has 0 atom stereocenters. The zero-order valence-electron chi connectivity index (χ0n) is 15.2. The predicted molar refractivity (Wildman–Crippen MR) is 115 cm³/mol. The van der Waals surface area contributed by atoms with E-state index in [1.54, 1.807) is 12.1 Å². The maximum absolute atomic E-state index is 9.47. The van der Waals surface area contributed by atoms with Gasteiger partial charge in [0.2, 0.25) is 0 Å². The minimum absolute atomic E-state index is 0.251. The molecule has 4 aromatic rings. The van der Waals surface area contributed by atoms with E-state index >= 15 is 0 Å². The van der Waals surface area contributed by atoms with E-state index in [1.165, 1.54) is 5.39 Å². The number of hydrogen-bond acceptors (Lipinski definition) is 3. The third kappa shape index (κ3) is 4.21. The largest absolute Gasteiger partial charge is 0.508 e. The maximum atomic E-state index is 9.47. The topological polar surface area (TPSA) is 41.5 Å². The minimum Gasteiger partial charge on any atom is -0.508 e. The Labute approximate surface area is 169 Å². The second-order valence-corrected chi connectivity index (χ2v) is 7.02. The first-order valence-corrected chi connectivity index (χ1v) is 9.47. The zero-order valence-corrected chi connectivity index (χ0v) is 16.0. The molecule has 0 aliphatic carbocycles. The Morgan fingerprint density at radius 2 is 1.68 bits per heavy atom.